The highest BCUT2D eigenvalue weighted by molar-refractivity contribution is 7.80. The molecule has 0 aliphatic carbocycles. The molecule has 0 aromatic heterocycles. The maximum atomic E-state index is 10.3. The van der Waals surface area contributed by atoms with Gasteiger partial charge in [0, 0.05) is 0 Å². The van der Waals surface area contributed by atoms with Gasteiger partial charge in [-0.1, -0.05) is 12.2 Å². The predicted molar refractivity (Wildman–Crippen MR) is 33.2 cm³/mol. The number of hydrogen-bond acceptors (Lipinski definition) is 3. The molecule has 1 rings (SSSR count). The molecule has 1 atom stereocenters. The van der Waals surface area contributed by atoms with Crippen molar-refractivity contribution in [3.63, 3.8) is 0 Å². The minimum absolute atomic E-state index is 0.211. The number of hydrogen-bond donors (Lipinski definition) is 0. The van der Waals surface area contributed by atoms with Crippen LogP contribution in [-0.2, 0) is 9.53 Å². The smallest absolute Gasteiger partial charge is 0.329 e. The number of alkyl halides is 1. The normalized spacial score (nSPS) is 28.4. The Morgan fingerprint density at radius 3 is 2.62 bits per heavy atom. The van der Waals surface area contributed by atoms with E-state index >= 15 is 0 Å². The molecule has 2 nitrogen and oxygen atoms in total. The van der Waals surface area contributed by atoms with Crippen LogP contribution in [0.3, 0.4) is 0 Å². The third-order valence-corrected chi connectivity index (χ3v) is 1.77. The molecule has 0 amide bonds. The van der Waals surface area contributed by atoms with Crippen LogP contribution in [0.2, 0.25) is 0 Å². The van der Waals surface area contributed by atoms with Gasteiger partial charge in [-0.2, -0.15) is 0 Å². The molecule has 0 saturated carbocycles. The molecule has 44 valence electrons. The summed E-state index contributed by atoms with van der Waals surface area (Å²) in [6, 6.07) is 0. The lowest BCUT2D eigenvalue weighted by Gasteiger charge is -1.86. The maximum absolute atomic E-state index is 10.3. The van der Waals surface area contributed by atoms with E-state index in [1.54, 1.807) is 0 Å². The molecule has 0 aromatic rings. The Balaban J connectivity index is 2.70. The Kier molecular flexibility index (Phi) is 1.49. The van der Waals surface area contributed by atoms with Crippen molar-refractivity contribution in [2.45, 2.75) is 5.38 Å². The summed E-state index contributed by atoms with van der Waals surface area (Å²) < 4.78 is 4.47. The van der Waals surface area contributed by atoms with Gasteiger partial charge in [-0.15, -0.1) is 11.6 Å². The van der Waals surface area contributed by atoms with Gasteiger partial charge in [-0.05, 0) is 0 Å². The van der Waals surface area contributed by atoms with Gasteiger partial charge in [-0.3, -0.25) is 4.79 Å². The van der Waals surface area contributed by atoms with E-state index in [1.807, 2.05) is 0 Å². The van der Waals surface area contributed by atoms with Gasteiger partial charge in [-0.25, -0.2) is 0 Å². The lowest BCUT2D eigenvalue weighted by Crippen LogP contribution is -2.12. The molecule has 0 bridgehead atoms. The summed E-state index contributed by atoms with van der Waals surface area (Å²) in [6.45, 7) is 0.211. The van der Waals surface area contributed by atoms with Gasteiger partial charge in [0.1, 0.15) is 6.61 Å². The summed E-state index contributed by atoms with van der Waals surface area (Å²) in [5.74, 6) is -0.420. The van der Waals surface area contributed by atoms with E-state index in [-0.39, 0.29) is 6.61 Å². The molecule has 0 aromatic carbocycles. The lowest BCUT2D eigenvalue weighted by molar-refractivity contribution is -0.137. The number of ether oxygens (including phenoxy) is 1. The summed E-state index contributed by atoms with van der Waals surface area (Å²) >= 11 is 10.0. The second-order valence-corrected chi connectivity index (χ2v) is 2.40. The van der Waals surface area contributed by atoms with E-state index in [0.717, 1.165) is 0 Å². The molecule has 4 heteroatoms. The first-order valence-corrected chi connectivity index (χ1v) is 2.89. The van der Waals surface area contributed by atoms with E-state index in [0.29, 0.717) is 4.86 Å². The fraction of sp³-hybridized carbons (Fsp3) is 0.500. The van der Waals surface area contributed by atoms with Gasteiger partial charge in [0.25, 0.3) is 0 Å². The standard InChI is InChI=1S/C4H3ClO2S/c5-3-2(8)1-7-4(3)6/h3H,1H2. The fourth-order valence-corrected chi connectivity index (χ4v) is 0.701. The van der Waals surface area contributed by atoms with Crippen LogP contribution < -0.4 is 0 Å². The van der Waals surface area contributed by atoms with Crippen LogP contribution in [0, 0.1) is 0 Å². The average molecular weight is 151 g/mol. The van der Waals surface area contributed by atoms with Crippen molar-refractivity contribution < 1.29 is 9.53 Å². The number of cyclic esters (lactones) is 1. The van der Waals surface area contributed by atoms with Gasteiger partial charge >= 0.3 is 5.97 Å². The Morgan fingerprint density at radius 2 is 2.50 bits per heavy atom. The van der Waals surface area contributed by atoms with E-state index in [1.165, 1.54) is 0 Å². The highest BCUT2D eigenvalue weighted by atomic mass is 35.5. The minimum Gasteiger partial charge on any atom is -0.459 e. The Hall–Kier alpha value is -0.150. The van der Waals surface area contributed by atoms with Gasteiger partial charge in [0.15, 0.2) is 5.38 Å². The molecule has 1 aliphatic heterocycles. The molecule has 8 heavy (non-hydrogen) atoms. The zero-order valence-corrected chi connectivity index (χ0v) is 5.46. The Bertz CT molecular complexity index is 129. The van der Waals surface area contributed by atoms with Crippen molar-refractivity contribution in [1.29, 1.82) is 0 Å². The molecular weight excluding hydrogens is 148 g/mol. The van der Waals surface area contributed by atoms with Crippen LogP contribution in [0.25, 0.3) is 0 Å². The minimum atomic E-state index is -0.676. The SMILES string of the molecule is O=C1OCC(=S)C1Cl. The summed E-state index contributed by atoms with van der Waals surface area (Å²) in [6.07, 6.45) is 0. The maximum Gasteiger partial charge on any atom is 0.329 e. The first-order valence-electron chi connectivity index (χ1n) is 2.05. The summed E-state index contributed by atoms with van der Waals surface area (Å²) in [7, 11) is 0. The van der Waals surface area contributed by atoms with Crippen molar-refractivity contribution in [1.82, 2.24) is 0 Å². The lowest BCUT2D eigenvalue weighted by atomic mass is 10.4. The molecule has 1 saturated heterocycles. The topological polar surface area (TPSA) is 26.3 Å². The average Bonchev–Trinajstić information content (AvgIpc) is 1.98. The Morgan fingerprint density at radius 1 is 1.88 bits per heavy atom. The monoisotopic (exact) mass is 150 g/mol. The zero-order chi connectivity index (χ0) is 6.15. The Labute approximate surface area is 56.8 Å². The number of thiocarbonyl (C=S) groups is 1. The van der Waals surface area contributed by atoms with Crippen molar-refractivity contribution in [2.75, 3.05) is 6.61 Å². The molecule has 0 N–H and O–H groups in total. The number of carbonyl (C=O) groups excluding carboxylic acids is 1. The number of esters is 1. The third kappa shape index (κ3) is 0.833. The molecule has 1 unspecified atom stereocenters. The zero-order valence-electron chi connectivity index (χ0n) is 3.89. The van der Waals surface area contributed by atoms with Crippen LogP contribution in [0.4, 0.5) is 0 Å². The van der Waals surface area contributed by atoms with Crippen molar-refractivity contribution in [3.8, 4) is 0 Å². The summed E-state index contributed by atoms with van der Waals surface area (Å²) in [5, 5.41) is -0.676. The van der Waals surface area contributed by atoms with E-state index in [2.05, 4.69) is 17.0 Å². The van der Waals surface area contributed by atoms with Crippen LogP contribution in [0.5, 0.6) is 0 Å². The van der Waals surface area contributed by atoms with Crippen LogP contribution in [-0.4, -0.2) is 22.8 Å². The molecule has 1 fully saturated rings. The molecule has 1 heterocycles. The van der Waals surface area contributed by atoms with Gasteiger partial charge < -0.3 is 4.74 Å². The number of carbonyl (C=O) groups is 1. The first-order chi connectivity index (χ1) is 3.72. The highest BCUT2D eigenvalue weighted by Gasteiger charge is 2.29. The first kappa shape index (κ1) is 5.98. The number of rotatable bonds is 0. The molecule has 0 spiro atoms. The molecule has 1 aliphatic rings. The van der Waals surface area contributed by atoms with Crippen molar-refractivity contribution >= 4 is 34.7 Å². The number of halogens is 1. The second kappa shape index (κ2) is 1.99. The largest absolute Gasteiger partial charge is 0.459 e. The van der Waals surface area contributed by atoms with E-state index in [9.17, 15) is 4.79 Å². The van der Waals surface area contributed by atoms with Gasteiger partial charge in [0.2, 0.25) is 0 Å². The van der Waals surface area contributed by atoms with Crippen LogP contribution in [0.15, 0.2) is 0 Å². The van der Waals surface area contributed by atoms with E-state index in [4.69, 9.17) is 11.6 Å². The summed E-state index contributed by atoms with van der Waals surface area (Å²) in [4.78, 5) is 10.8. The summed E-state index contributed by atoms with van der Waals surface area (Å²) in [5.41, 5.74) is 0. The van der Waals surface area contributed by atoms with Crippen LogP contribution >= 0.6 is 23.8 Å². The van der Waals surface area contributed by atoms with Crippen molar-refractivity contribution in [2.24, 2.45) is 0 Å². The molecular formula is C4H3ClO2S. The predicted octanol–water partition coefficient (Wildman–Crippen LogP) is 0.520. The second-order valence-electron chi connectivity index (χ2n) is 1.44. The fourth-order valence-electron chi connectivity index (χ4n) is 0.420. The third-order valence-electron chi connectivity index (χ3n) is 0.846. The molecule has 0 radical (unpaired) electrons. The quantitative estimate of drug-likeness (QED) is 0.286. The van der Waals surface area contributed by atoms with Crippen LogP contribution in [0.1, 0.15) is 0 Å². The highest BCUT2D eigenvalue weighted by Crippen LogP contribution is 2.09. The van der Waals surface area contributed by atoms with E-state index < -0.39 is 11.3 Å². The van der Waals surface area contributed by atoms with Crippen molar-refractivity contribution in [3.05, 3.63) is 0 Å². The van der Waals surface area contributed by atoms with Gasteiger partial charge in [0.05, 0.1) is 4.86 Å².